The minimum Gasteiger partial charge on any atom is -0.459 e. The van der Waals surface area contributed by atoms with Crippen molar-refractivity contribution in [2.75, 3.05) is 18.9 Å². The summed E-state index contributed by atoms with van der Waals surface area (Å²) in [5.74, 6) is -0.434. The average molecular weight is 420 g/mol. The first-order valence-corrected chi connectivity index (χ1v) is 10.3. The number of phosphoric acid groups is 1. The van der Waals surface area contributed by atoms with Crippen LogP contribution in [0.3, 0.4) is 0 Å². The SMILES string of the molecule is NCCCCCC(=O)O[C@H]1C[C@H](n2ccc(N)nc2=O)O[C@@H]1COP(=O)(O)O. The fourth-order valence-electron chi connectivity index (χ4n) is 2.78. The van der Waals surface area contributed by atoms with Crippen molar-refractivity contribution in [3.8, 4) is 0 Å². The molecule has 0 bridgehead atoms. The summed E-state index contributed by atoms with van der Waals surface area (Å²) in [5, 5.41) is 0. The molecular formula is C15H25N4O8P. The van der Waals surface area contributed by atoms with Crippen molar-refractivity contribution >= 4 is 19.6 Å². The fraction of sp³-hybridized carbons (Fsp3) is 0.667. The van der Waals surface area contributed by atoms with Gasteiger partial charge in [-0.1, -0.05) is 6.42 Å². The van der Waals surface area contributed by atoms with E-state index in [1.165, 1.54) is 12.3 Å². The first-order chi connectivity index (χ1) is 13.2. The Morgan fingerprint density at radius 1 is 1.39 bits per heavy atom. The van der Waals surface area contributed by atoms with E-state index < -0.39 is 44.5 Å². The summed E-state index contributed by atoms with van der Waals surface area (Å²) in [6.45, 7) is 0.0302. The molecule has 1 saturated heterocycles. The number of carbonyl (C=O) groups is 1. The minimum absolute atomic E-state index is 0.0427. The molecule has 2 rings (SSSR count). The van der Waals surface area contributed by atoms with Gasteiger partial charge < -0.3 is 30.7 Å². The van der Waals surface area contributed by atoms with E-state index in [0.717, 1.165) is 17.4 Å². The van der Waals surface area contributed by atoms with Gasteiger partial charge in [0.15, 0.2) is 0 Å². The molecular weight excluding hydrogens is 395 g/mol. The lowest BCUT2D eigenvalue weighted by Gasteiger charge is -2.19. The summed E-state index contributed by atoms with van der Waals surface area (Å²) in [6.07, 6.45) is 1.19. The molecule has 1 aromatic heterocycles. The third kappa shape index (κ3) is 6.97. The molecule has 0 unspecified atom stereocenters. The molecule has 158 valence electrons. The molecule has 2 heterocycles. The molecule has 12 nitrogen and oxygen atoms in total. The van der Waals surface area contributed by atoms with Gasteiger partial charge in [0.2, 0.25) is 0 Å². The van der Waals surface area contributed by atoms with Crippen LogP contribution in [0.1, 0.15) is 38.3 Å². The average Bonchev–Trinajstić information content (AvgIpc) is 2.98. The first kappa shape index (κ1) is 22.5. The third-order valence-corrected chi connectivity index (χ3v) is 4.60. The van der Waals surface area contributed by atoms with Gasteiger partial charge in [0.25, 0.3) is 0 Å². The van der Waals surface area contributed by atoms with E-state index in [4.69, 9.17) is 30.7 Å². The van der Waals surface area contributed by atoms with E-state index in [-0.39, 0.29) is 18.7 Å². The molecule has 1 aliphatic heterocycles. The summed E-state index contributed by atoms with van der Waals surface area (Å²) >= 11 is 0. The number of hydrogen-bond acceptors (Lipinski definition) is 9. The smallest absolute Gasteiger partial charge is 0.459 e. The zero-order chi connectivity index (χ0) is 20.7. The number of esters is 1. The van der Waals surface area contributed by atoms with Crippen LogP contribution in [0, 0.1) is 0 Å². The Labute approximate surface area is 161 Å². The van der Waals surface area contributed by atoms with E-state index >= 15 is 0 Å². The molecule has 0 aliphatic carbocycles. The second kappa shape index (κ2) is 10.1. The Balaban J connectivity index is 2.05. The minimum atomic E-state index is -4.74. The number of phosphoric ester groups is 1. The van der Waals surface area contributed by atoms with Crippen LogP contribution >= 0.6 is 7.82 Å². The molecule has 0 amide bonds. The molecule has 0 aromatic carbocycles. The van der Waals surface area contributed by atoms with Crippen molar-refractivity contribution in [3.05, 3.63) is 22.7 Å². The zero-order valence-corrected chi connectivity index (χ0v) is 16.1. The highest BCUT2D eigenvalue weighted by atomic mass is 31.2. The number of nitrogens with two attached hydrogens (primary N) is 2. The topological polar surface area (TPSA) is 189 Å². The first-order valence-electron chi connectivity index (χ1n) is 8.79. The van der Waals surface area contributed by atoms with E-state index in [1.54, 1.807) is 0 Å². The molecule has 0 radical (unpaired) electrons. The largest absolute Gasteiger partial charge is 0.469 e. The fourth-order valence-corrected chi connectivity index (χ4v) is 3.12. The Morgan fingerprint density at radius 2 is 2.14 bits per heavy atom. The number of rotatable bonds is 10. The van der Waals surface area contributed by atoms with Gasteiger partial charge in [0, 0.05) is 19.0 Å². The second-order valence-corrected chi connectivity index (χ2v) is 7.56. The van der Waals surface area contributed by atoms with Crippen molar-refractivity contribution in [1.29, 1.82) is 0 Å². The van der Waals surface area contributed by atoms with Crippen molar-refractivity contribution in [1.82, 2.24) is 9.55 Å². The van der Waals surface area contributed by atoms with E-state index in [0.29, 0.717) is 13.0 Å². The molecule has 28 heavy (non-hydrogen) atoms. The molecule has 1 fully saturated rings. The van der Waals surface area contributed by atoms with Crippen LogP contribution in [0.4, 0.5) is 5.82 Å². The Kier molecular flexibility index (Phi) is 8.10. The molecule has 0 spiro atoms. The summed E-state index contributed by atoms with van der Waals surface area (Å²) in [4.78, 5) is 45.5. The number of aromatic nitrogens is 2. The normalized spacial score (nSPS) is 22.3. The van der Waals surface area contributed by atoms with Crippen LogP contribution in [-0.4, -0.2) is 50.7 Å². The van der Waals surface area contributed by atoms with Gasteiger partial charge in [0.1, 0.15) is 24.3 Å². The number of unbranched alkanes of at least 4 members (excludes halogenated alkanes) is 2. The highest BCUT2D eigenvalue weighted by Gasteiger charge is 2.40. The maximum atomic E-state index is 12.1. The lowest BCUT2D eigenvalue weighted by molar-refractivity contribution is -0.153. The number of carbonyl (C=O) groups excluding carboxylic acids is 1. The van der Waals surface area contributed by atoms with Crippen molar-refractivity contribution in [2.45, 2.75) is 50.5 Å². The van der Waals surface area contributed by atoms with Crippen molar-refractivity contribution < 1.29 is 33.1 Å². The van der Waals surface area contributed by atoms with Crippen LogP contribution in [-0.2, 0) is 23.4 Å². The van der Waals surface area contributed by atoms with E-state index in [2.05, 4.69) is 9.51 Å². The molecule has 3 atom stereocenters. The summed E-state index contributed by atoms with van der Waals surface area (Å²) in [6, 6.07) is 1.41. The number of nitrogen functional groups attached to an aromatic ring is 1. The maximum absolute atomic E-state index is 12.1. The Morgan fingerprint density at radius 3 is 2.79 bits per heavy atom. The molecule has 13 heteroatoms. The third-order valence-electron chi connectivity index (χ3n) is 4.12. The highest BCUT2D eigenvalue weighted by molar-refractivity contribution is 7.46. The van der Waals surface area contributed by atoms with E-state index in [1.807, 2.05) is 0 Å². The van der Waals surface area contributed by atoms with Crippen LogP contribution in [0.5, 0.6) is 0 Å². The van der Waals surface area contributed by atoms with Crippen molar-refractivity contribution in [2.24, 2.45) is 5.73 Å². The lowest BCUT2D eigenvalue weighted by Crippen LogP contribution is -2.31. The van der Waals surface area contributed by atoms with E-state index in [9.17, 15) is 14.2 Å². The molecule has 6 N–H and O–H groups in total. The van der Waals surface area contributed by atoms with Gasteiger partial charge >= 0.3 is 19.5 Å². The van der Waals surface area contributed by atoms with Gasteiger partial charge in [0.05, 0.1) is 6.61 Å². The van der Waals surface area contributed by atoms with Crippen LogP contribution in [0.25, 0.3) is 0 Å². The lowest BCUT2D eigenvalue weighted by atomic mass is 10.1. The van der Waals surface area contributed by atoms with Crippen LogP contribution in [0.2, 0.25) is 0 Å². The molecule has 1 aliphatic rings. The zero-order valence-electron chi connectivity index (χ0n) is 15.2. The number of hydrogen-bond donors (Lipinski definition) is 4. The monoisotopic (exact) mass is 420 g/mol. The van der Waals surface area contributed by atoms with Crippen molar-refractivity contribution in [3.63, 3.8) is 0 Å². The number of anilines is 1. The summed E-state index contributed by atoms with van der Waals surface area (Å²) in [7, 11) is -4.74. The molecule has 1 aromatic rings. The Bertz CT molecular complexity index is 767. The van der Waals surface area contributed by atoms with Gasteiger partial charge in [-0.3, -0.25) is 13.9 Å². The highest BCUT2D eigenvalue weighted by Crippen LogP contribution is 2.38. The predicted molar refractivity (Wildman–Crippen MR) is 96.8 cm³/mol. The van der Waals surface area contributed by atoms with Gasteiger partial charge in [-0.2, -0.15) is 4.98 Å². The van der Waals surface area contributed by atoms with Gasteiger partial charge in [-0.05, 0) is 25.5 Å². The molecule has 0 saturated carbocycles. The summed E-state index contributed by atoms with van der Waals surface area (Å²) in [5.41, 5.74) is 10.2. The second-order valence-electron chi connectivity index (χ2n) is 6.32. The maximum Gasteiger partial charge on any atom is 0.469 e. The standard InChI is InChI=1S/C15H25N4O8P/c16-6-3-1-2-4-14(20)27-10-8-13(19-7-5-12(17)18-15(19)21)26-11(10)9-25-28(22,23)24/h5,7,10-11,13H,1-4,6,8-9,16H2,(H2,17,18,21)(H2,22,23,24)/t10-,11+,13+/m0/s1. The number of nitrogens with zero attached hydrogens (tertiary/aromatic N) is 2. The van der Waals surface area contributed by atoms with Gasteiger partial charge in [-0.25, -0.2) is 9.36 Å². The number of ether oxygens (including phenoxy) is 2. The van der Waals surface area contributed by atoms with Crippen LogP contribution < -0.4 is 17.2 Å². The Hall–Kier alpha value is -1.82. The predicted octanol–water partition coefficient (Wildman–Crippen LogP) is -0.347. The van der Waals surface area contributed by atoms with Crippen LogP contribution in [0.15, 0.2) is 17.1 Å². The quantitative estimate of drug-likeness (QED) is 0.220. The van der Waals surface area contributed by atoms with Gasteiger partial charge in [-0.15, -0.1) is 0 Å². The summed E-state index contributed by atoms with van der Waals surface area (Å²) < 4.78 is 27.7.